The van der Waals surface area contributed by atoms with Gasteiger partial charge in [0.1, 0.15) is 0 Å². The summed E-state index contributed by atoms with van der Waals surface area (Å²) in [6, 6.07) is 13.1. The number of hydrogen-bond donors (Lipinski definition) is 0. The maximum atomic E-state index is 2.26. The van der Waals surface area contributed by atoms with Crippen LogP contribution < -0.4 is 0 Å². The van der Waals surface area contributed by atoms with Gasteiger partial charge in [-0.2, -0.15) is 6.07 Å². The summed E-state index contributed by atoms with van der Waals surface area (Å²) in [5.41, 5.74) is 1.51. The van der Waals surface area contributed by atoms with E-state index in [2.05, 4.69) is 43.3 Å². The van der Waals surface area contributed by atoms with E-state index in [0.717, 1.165) is 0 Å². The Morgan fingerprint density at radius 2 is 1.75 bits per heavy atom. The molecule has 2 aromatic rings. The topological polar surface area (TPSA) is 0 Å². The first kappa shape index (κ1) is 18.1. The average molecular weight is 380 g/mol. The predicted molar refractivity (Wildman–Crippen MR) is 71.0 cm³/mol. The van der Waals surface area contributed by atoms with Crippen LogP contribution >= 0.6 is 0 Å². The van der Waals surface area contributed by atoms with Crippen LogP contribution in [0.4, 0.5) is 0 Å². The molecule has 0 heterocycles. The van der Waals surface area contributed by atoms with Gasteiger partial charge in [0.15, 0.2) is 0 Å². The third-order valence-electron chi connectivity index (χ3n) is 2.57. The summed E-state index contributed by atoms with van der Waals surface area (Å²) >= 11 is 0. The van der Waals surface area contributed by atoms with E-state index in [4.69, 9.17) is 0 Å². The van der Waals surface area contributed by atoms with Gasteiger partial charge in [0, 0.05) is 25.8 Å². The molecule has 0 aliphatic rings. The minimum atomic E-state index is 0. The van der Waals surface area contributed by atoms with E-state index in [1.54, 1.807) is 0 Å². The normalized spacial score (nSPS) is 8.81. The van der Waals surface area contributed by atoms with Gasteiger partial charge in [0.2, 0.25) is 0 Å². The molecule has 0 atom stereocenters. The molecule has 88 valence electrons. The van der Waals surface area contributed by atoms with Crippen molar-refractivity contribution in [3.63, 3.8) is 0 Å². The molecule has 0 radical (unpaired) electrons. The smallest absolute Gasteiger partial charge is 0 e. The molecule has 0 saturated heterocycles. The Bertz CT molecular complexity index is 387. The van der Waals surface area contributed by atoms with Crippen LogP contribution in [0.25, 0.3) is 10.8 Å². The molecular formula is C15H21Hf-3. The molecule has 0 fully saturated rings. The number of hydrogen-bond acceptors (Lipinski definition) is 0. The predicted octanol–water partition coefficient (Wildman–Crippen LogP) is 4.80. The molecule has 0 amide bonds. The third-order valence-corrected chi connectivity index (χ3v) is 2.57. The zero-order valence-corrected chi connectivity index (χ0v) is 14.2. The fraction of sp³-hybridized carbons (Fsp3) is 0.267. The molecule has 0 unspecified atom stereocenters. The van der Waals surface area contributed by atoms with Gasteiger partial charge in [-0.3, -0.25) is 0 Å². The largest absolute Gasteiger partial charge is 0.358 e. The number of unbranched alkanes of at least 4 members (excludes halogenated alkanes) is 1. The minimum Gasteiger partial charge on any atom is -0.358 e. The molecule has 0 aromatic heterocycles. The van der Waals surface area contributed by atoms with Crippen LogP contribution in [0, 0.1) is 14.9 Å². The second-order valence-electron chi connectivity index (χ2n) is 3.55. The van der Waals surface area contributed by atoms with Gasteiger partial charge in [-0.15, -0.1) is 40.6 Å². The van der Waals surface area contributed by atoms with Crippen molar-refractivity contribution < 1.29 is 25.8 Å². The van der Waals surface area contributed by atoms with Gasteiger partial charge < -0.3 is 14.9 Å². The second kappa shape index (κ2) is 8.81. The summed E-state index contributed by atoms with van der Waals surface area (Å²) < 4.78 is 0. The van der Waals surface area contributed by atoms with Crippen LogP contribution in [0.5, 0.6) is 0 Å². The number of aryl methyl sites for hydroxylation is 1. The fourth-order valence-corrected chi connectivity index (χ4v) is 1.80. The minimum absolute atomic E-state index is 0. The fourth-order valence-electron chi connectivity index (χ4n) is 1.80. The number of benzene rings is 1. The van der Waals surface area contributed by atoms with Gasteiger partial charge in [0.05, 0.1) is 0 Å². The van der Waals surface area contributed by atoms with E-state index < -0.39 is 0 Å². The molecule has 2 aromatic carbocycles. The molecule has 0 bridgehead atoms. The quantitative estimate of drug-likeness (QED) is 0.531. The van der Waals surface area contributed by atoms with Crippen molar-refractivity contribution >= 4 is 10.8 Å². The van der Waals surface area contributed by atoms with Crippen molar-refractivity contribution in [2.45, 2.75) is 26.2 Å². The Morgan fingerprint density at radius 1 is 1.06 bits per heavy atom. The van der Waals surface area contributed by atoms with Crippen molar-refractivity contribution in [1.82, 2.24) is 0 Å². The van der Waals surface area contributed by atoms with Crippen LogP contribution in [0.15, 0.2) is 36.4 Å². The Morgan fingerprint density at radius 3 is 2.44 bits per heavy atom. The summed E-state index contributed by atoms with van der Waals surface area (Å²) in [6.07, 6.45) is 3.80. The van der Waals surface area contributed by atoms with E-state index in [1.807, 2.05) is 0 Å². The van der Waals surface area contributed by atoms with Gasteiger partial charge in [-0.1, -0.05) is 32.3 Å². The zero-order chi connectivity index (χ0) is 9.10. The Kier molecular flexibility index (Phi) is 9.95. The Labute approximate surface area is 119 Å². The first-order chi connectivity index (χ1) is 6.42. The van der Waals surface area contributed by atoms with Crippen LogP contribution in [0.3, 0.4) is 0 Å². The molecule has 0 N–H and O–H groups in total. The van der Waals surface area contributed by atoms with Crippen molar-refractivity contribution in [2.24, 2.45) is 0 Å². The molecular weight excluding hydrogens is 359 g/mol. The number of fused-ring (bicyclic) bond motifs is 1. The number of rotatable bonds is 3. The van der Waals surface area contributed by atoms with Crippen LogP contribution in [-0.4, -0.2) is 0 Å². The summed E-state index contributed by atoms with van der Waals surface area (Å²) in [4.78, 5) is 0. The maximum absolute atomic E-state index is 2.26. The van der Waals surface area contributed by atoms with Gasteiger partial charge in [0.25, 0.3) is 0 Å². The van der Waals surface area contributed by atoms with Crippen molar-refractivity contribution in [3.8, 4) is 0 Å². The molecule has 0 saturated carbocycles. The van der Waals surface area contributed by atoms with Gasteiger partial charge in [-0.25, -0.2) is 0 Å². The van der Waals surface area contributed by atoms with E-state index in [-0.39, 0.29) is 40.7 Å². The summed E-state index contributed by atoms with van der Waals surface area (Å²) in [7, 11) is 0. The first-order valence-electron chi connectivity index (χ1n) is 5.05. The summed E-state index contributed by atoms with van der Waals surface area (Å²) in [5.74, 6) is 0. The van der Waals surface area contributed by atoms with E-state index in [9.17, 15) is 0 Å². The monoisotopic (exact) mass is 381 g/mol. The first-order valence-corrected chi connectivity index (χ1v) is 5.05. The molecule has 16 heavy (non-hydrogen) atoms. The van der Waals surface area contributed by atoms with E-state index >= 15 is 0 Å². The molecule has 1 heteroatoms. The second-order valence-corrected chi connectivity index (χ2v) is 3.55. The molecule has 0 aliphatic heterocycles. The van der Waals surface area contributed by atoms with Crippen molar-refractivity contribution in [3.05, 3.63) is 56.8 Å². The van der Waals surface area contributed by atoms with E-state index in [1.165, 1.54) is 35.6 Å². The molecule has 0 aliphatic carbocycles. The van der Waals surface area contributed by atoms with Crippen molar-refractivity contribution in [2.75, 3.05) is 0 Å². The standard InChI is InChI=1S/C13H15.2CH3.Hf/c1-2-3-6-11-9-10-12-7-4-5-8-13(11)12;;;/h4-5,7-10H,2-3,6H2,1H3;2*1H3;/q3*-1;. The summed E-state index contributed by atoms with van der Waals surface area (Å²) in [6.45, 7) is 2.24. The summed E-state index contributed by atoms with van der Waals surface area (Å²) in [5, 5.41) is 2.82. The maximum Gasteiger partial charge on any atom is 0 e. The van der Waals surface area contributed by atoms with Crippen LogP contribution in [-0.2, 0) is 32.3 Å². The van der Waals surface area contributed by atoms with Gasteiger partial charge >= 0.3 is 0 Å². The molecule has 0 spiro atoms. The van der Waals surface area contributed by atoms with Crippen LogP contribution in [0.2, 0.25) is 0 Å². The van der Waals surface area contributed by atoms with E-state index in [0.29, 0.717) is 0 Å². The average Bonchev–Trinajstić information content (AvgIpc) is 2.58. The van der Waals surface area contributed by atoms with Crippen molar-refractivity contribution in [1.29, 1.82) is 0 Å². The van der Waals surface area contributed by atoms with Crippen LogP contribution in [0.1, 0.15) is 25.3 Å². The SMILES string of the molecule is CCCC[c-]1ccc2ccccc21.[CH3-].[CH3-].[Hf]. The van der Waals surface area contributed by atoms with Gasteiger partial charge in [-0.05, 0) is 0 Å². The third kappa shape index (κ3) is 3.93. The molecule has 2 rings (SSSR count). The Hall–Kier alpha value is -0.300. The zero-order valence-electron chi connectivity index (χ0n) is 10.6. The Balaban J connectivity index is 0. The molecule has 0 nitrogen and oxygen atoms in total.